The van der Waals surface area contributed by atoms with E-state index >= 15 is 0 Å². The van der Waals surface area contributed by atoms with Crippen LogP contribution in [-0.4, -0.2) is 46.2 Å². The first kappa shape index (κ1) is 25.8. The van der Waals surface area contributed by atoms with E-state index in [0.29, 0.717) is 11.1 Å². The summed E-state index contributed by atoms with van der Waals surface area (Å²) in [5.74, 6) is -1.02. The minimum atomic E-state index is -4.57. The van der Waals surface area contributed by atoms with Crippen LogP contribution in [0.25, 0.3) is 16.6 Å². The van der Waals surface area contributed by atoms with Gasteiger partial charge in [-0.05, 0) is 56.2 Å². The van der Waals surface area contributed by atoms with Crippen LogP contribution in [0.3, 0.4) is 0 Å². The van der Waals surface area contributed by atoms with Crippen molar-refractivity contribution in [1.82, 2.24) is 14.9 Å². The number of hydrogen-bond donors (Lipinski definition) is 2. The lowest BCUT2D eigenvalue weighted by Gasteiger charge is -2.11. The van der Waals surface area contributed by atoms with Gasteiger partial charge in [0.15, 0.2) is 0 Å². The first-order chi connectivity index (χ1) is 16.3. The summed E-state index contributed by atoms with van der Waals surface area (Å²) in [5.41, 5.74) is 4.28. The molecular formula is C25H27F3N4O3. The van der Waals surface area contributed by atoms with Gasteiger partial charge < -0.3 is 10.0 Å². The normalized spacial score (nSPS) is 12.2. The lowest BCUT2D eigenvalue weighted by Crippen LogP contribution is -2.25. The number of aromatic nitrogens is 1. The van der Waals surface area contributed by atoms with E-state index in [1.165, 1.54) is 22.5 Å². The maximum absolute atomic E-state index is 13.5. The lowest BCUT2D eigenvalue weighted by atomic mass is 10.1. The molecule has 0 spiro atoms. The third-order valence-corrected chi connectivity index (χ3v) is 5.51. The van der Waals surface area contributed by atoms with Crippen LogP contribution in [0.2, 0.25) is 0 Å². The maximum atomic E-state index is 13.5. The van der Waals surface area contributed by atoms with Gasteiger partial charge in [-0.25, -0.2) is 5.43 Å². The van der Waals surface area contributed by atoms with Gasteiger partial charge in [-0.15, -0.1) is 0 Å². The van der Waals surface area contributed by atoms with Gasteiger partial charge in [-0.3, -0.25) is 14.2 Å². The number of hydrazone groups is 1. The summed E-state index contributed by atoms with van der Waals surface area (Å²) in [5, 5.41) is 15.5. The number of nitrogens with zero attached hydrogens (tertiary/aromatic N) is 3. The molecule has 0 atom stereocenters. The molecule has 186 valence electrons. The summed E-state index contributed by atoms with van der Waals surface area (Å²) in [6.45, 7) is 5.23. The van der Waals surface area contributed by atoms with E-state index in [9.17, 15) is 27.9 Å². The number of aryl methyl sites for hydroxylation is 2. The number of fused-ring (bicyclic) bond motifs is 1. The molecule has 0 saturated carbocycles. The molecule has 0 unspecified atom stereocenters. The van der Waals surface area contributed by atoms with Crippen molar-refractivity contribution in [3.05, 3.63) is 58.7 Å². The molecule has 0 aliphatic rings. The second kappa shape index (κ2) is 9.81. The van der Waals surface area contributed by atoms with Gasteiger partial charge in [0.2, 0.25) is 17.7 Å². The predicted molar refractivity (Wildman–Crippen MR) is 128 cm³/mol. The summed E-state index contributed by atoms with van der Waals surface area (Å²) in [6.07, 6.45) is -4.65. The largest absolute Gasteiger partial charge is 0.494 e. The van der Waals surface area contributed by atoms with Gasteiger partial charge in [0, 0.05) is 38.0 Å². The summed E-state index contributed by atoms with van der Waals surface area (Å²) >= 11 is 0. The van der Waals surface area contributed by atoms with Gasteiger partial charge in [0.1, 0.15) is 0 Å². The molecular weight excluding hydrogens is 461 g/mol. The molecule has 2 N–H and O–H groups in total. The maximum Gasteiger partial charge on any atom is 0.416 e. The van der Waals surface area contributed by atoms with Gasteiger partial charge in [0.25, 0.3) is 0 Å². The minimum absolute atomic E-state index is 0.00485. The zero-order chi connectivity index (χ0) is 26.1. The van der Waals surface area contributed by atoms with E-state index in [1.807, 2.05) is 19.9 Å². The van der Waals surface area contributed by atoms with Crippen LogP contribution < -0.4 is 5.43 Å². The van der Waals surface area contributed by atoms with E-state index in [4.69, 9.17) is 0 Å². The third-order valence-electron chi connectivity index (χ3n) is 5.51. The van der Waals surface area contributed by atoms with Crippen molar-refractivity contribution < 1.29 is 27.9 Å². The molecule has 3 rings (SSSR count). The number of halogens is 3. The van der Waals surface area contributed by atoms with Crippen molar-refractivity contribution >= 4 is 28.4 Å². The average molecular weight is 489 g/mol. The number of nitrogens with one attached hydrogen (secondary N) is 1. The molecule has 10 heteroatoms. The molecule has 0 radical (unpaired) electrons. The lowest BCUT2D eigenvalue weighted by molar-refractivity contribution is -0.137. The highest BCUT2D eigenvalue weighted by molar-refractivity contribution is 6.13. The highest BCUT2D eigenvalue weighted by Gasteiger charge is 2.32. The Bertz CT molecular complexity index is 1300. The zero-order valence-corrected chi connectivity index (χ0v) is 20.1. The van der Waals surface area contributed by atoms with Crippen LogP contribution in [0.15, 0.2) is 41.5 Å². The number of aromatic hydroxyl groups is 1. The molecule has 2 amide bonds. The van der Waals surface area contributed by atoms with Crippen molar-refractivity contribution in [1.29, 1.82) is 0 Å². The highest BCUT2D eigenvalue weighted by atomic mass is 19.4. The number of carbonyl (C=O) groups is 2. The Kier molecular flexibility index (Phi) is 7.23. The highest BCUT2D eigenvalue weighted by Crippen LogP contribution is 2.39. The molecule has 7 nitrogen and oxygen atoms in total. The molecule has 1 aromatic heterocycles. The van der Waals surface area contributed by atoms with E-state index in [-0.39, 0.29) is 41.4 Å². The molecule has 1 heterocycles. The zero-order valence-electron chi connectivity index (χ0n) is 20.1. The SMILES string of the molecule is C/C(=N/NC(=O)CCC(=O)N(C)C)c1c(O)n(-c2cc(C)cc(C)c2)c2cc(C(F)(F)F)ccc12. The van der Waals surface area contributed by atoms with Crippen LogP contribution in [0.4, 0.5) is 13.2 Å². The second-order valence-electron chi connectivity index (χ2n) is 8.63. The Balaban J connectivity index is 2.09. The number of carbonyl (C=O) groups excluding carboxylic acids is 2. The fraction of sp³-hybridized carbons (Fsp3) is 0.320. The van der Waals surface area contributed by atoms with Crippen LogP contribution in [0, 0.1) is 13.8 Å². The van der Waals surface area contributed by atoms with Gasteiger partial charge >= 0.3 is 6.18 Å². The summed E-state index contributed by atoms with van der Waals surface area (Å²) in [7, 11) is 3.17. The Hall–Kier alpha value is -3.82. The standard InChI is InChI=1S/C25H27F3N4O3/c1-14-10-15(2)12-18(11-14)32-20-13-17(25(26,27)28)6-7-19(20)23(24(32)35)16(3)29-30-21(33)8-9-22(34)31(4)5/h6-7,10-13,35H,8-9H2,1-5H3,(H,30,33)/b29-16-. The molecule has 0 bridgehead atoms. The van der Waals surface area contributed by atoms with E-state index in [1.54, 1.807) is 26.2 Å². The summed E-state index contributed by atoms with van der Waals surface area (Å²) in [4.78, 5) is 25.2. The Labute approximate surface area is 200 Å². The number of hydrogen-bond acceptors (Lipinski definition) is 4. The molecule has 2 aromatic carbocycles. The van der Waals surface area contributed by atoms with E-state index in [0.717, 1.165) is 23.3 Å². The van der Waals surface area contributed by atoms with Crippen molar-refractivity contribution in [2.75, 3.05) is 14.1 Å². The first-order valence-corrected chi connectivity index (χ1v) is 10.9. The van der Waals surface area contributed by atoms with Crippen molar-refractivity contribution in [3.8, 4) is 11.6 Å². The third kappa shape index (κ3) is 5.64. The van der Waals surface area contributed by atoms with Crippen LogP contribution >= 0.6 is 0 Å². The van der Waals surface area contributed by atoms with Gasteiger partial charge in [-0.2, -0.15) is 18.3 Å². The molecule has 35 heavy (non-hydrogen) atoms. The van der Waals surface area contributed by atoms with Gasteiger partial charge in [-0.1, -0.05) is 12.1 Å². The molecule has 0 aliphatic carbocycles. The van der Waals surface area contributed by atoms with Crippen LogP contribution in [0.5, 0.6) is 5.88 Å². The number of amides is 2. The van der Waals surface area contributed by atoms with E-state index < -0.39 is 17.6 Å². The fourth-order valence-corrected chi connectivity index (χ4v) is 3.85. The predicted octanol–water partition coefficient (Wildman–Crippen LogP) is 4.68. The quantitative estimate of drug-likeness (QED) is 0.390. The van der Waals surface area contributed by atoms with Crippen LogP contribution in [-0.2, 0) is 15.8 Å². The van der Waals surface area contributed by atoms with Crippen molar-refractivity contribution in [2.24, 2.45) is 5.10 Å². The Morgan fingerprint density at radius 3 is 2.26 bits per heavy atom. The van der Waals surface area contributed by atoms with Gasteiger partial charge in [0.05, 0.1) is 22.4 Å². The van der Waals surface area contributed by atoms with E-state index in [2.05, 4.69) is 10.5 Å². The average Bonchev–Trinajstić information content (AvgIpc) is 3.05. The van der Waals surface area contributed by atoms with Crippen LogP contribution in [0.1, 0.15) is 42.0 Å². The monoisotopic (exact) mass is 488 g/mol. The second-order valence-corrected chi connectivity index (χ2v) is 8.63. The Morgan fingerprint density at radius 2 is 1.69 bits per heavy atom. The topological polar surface area (TPSA) is 86.9 Å². The molecule has 0 saturated heterocycles. The molecule has 0 fully saturated rings. The molecule has 0 aliphatic heterocycles. The fourth-order valence-electron chi connectivity index (χ4n) is 3.85. The summed E-state index contributed by atoms with van der Waals surface area (Å²) in [6, 6.07) is 8.63. The number of benzene rings is 2. The number of rotatable bonds is 6. The number of alkyl halides is 3. The smallest absolute Gasteiger partial charge is 0.416 e. The minimum Gasteiger partial charge on any atom is -0.494 e. The summed E-state index contributed by atoms with van der Waals surface area (Å²) < 4.78 is 41.7. The molecule has 3 aromatic rings. The van der Waals surface area contributed by atoms with Crippen molar-refractivity contribution in [2.45, 2.75) is 39.8 Å². The first-order valence-electron chi connectivity index (χ1n) is 10.9. The Morgan fingerprint density at radius 1 is 1.06 bits per heavy atom. The van der Waals surface area contributed by atoms with Crippen molar-refractivity contribution in [3.63, 3.8) is 0 Å².